The number of nitrogens with one attached hydrogen (secondary N) is 2. The number of hydrogen-bond acceptors (Lipinski definition) is 5. The van der Waals surface area contributed by atoms with E-state index in [1.165, 1.54) is 0 Å². The Morgan fingerprint density at radius 2 is 2.00 bits per heavy atom. The predicted molar refractivity (Wildman–Crippen MR) is 77.4 cm³/mol. The number of rotatable bonds is 3. The number of nitrogens with zero attached hydrogens (tertiary/aromatic N) is 3. The second-order valence-electron chi connectivity index (χ2n) is 5.65. The van der Waals surface area contributed by atoms with Gasteiger partial charge >= 0.3 is 6.09 Å². The first kappa shape index (κ1) is 15.0. The van der Waals surface area contributed by atoms with Gasteiger partial charge in [-0.2, -0.15) is 5.10 Å². The highest BCUT2D eigenvalue weighted by Gasteiger charge is 2.20. The molecule has 112 valence electrons. The van der Waals surface area contributed by atoms with Gasteiger partial charge in [-0.05, 0) is 39.8 Å². The first-order chi connectivity index (χ1) is 9.85. The van der Waals surface area contributed by atoms with Crippen LogP contribution in [-0.4, -0.2) is 31.9 Å². The average molecular weight is 289 g/mol. The largest absolute Gasteiger partial charge is 0.444 e. The maximum absolute atomic E-state index is 11.7. The molecule has 21 heavy (non-hydrogen) atoms. The van der Waals surface area contributed by atoms with E-state index in [-0.39, 0.29) is 6.04 Å². The van der Waals surface area contributed by atoms with Crippen LogP contribution in [-0.2, 0) is 4.74 Å². The van der Waals surface area contributed by atoms with Gasteiger partial charge in [0, 0.05) is 18.0 Å². The normalized spacial score (nSPS) is 12.8. The molecule has 0 spiro atoms. The third-order valence-corrected chi connectivity index (χ3v) is 2.58. The fourth-order valence-corrected chi connectivity index (χ4v) is 1.65. The minimum atomic E-state index is -0.534. The smallest absolute Gasteiger partial charge is 0.408 e. The highest BCUT2D eigenvalue weighted by molar-refractivity contribution is 5.68. The maximum atomic E-state index is 11.7. The number of H-pyrrole nitrogens is 1. The van der Waals surface area contributed by atoms with Crippen molar-refractivity contribution in [3.8, 4) is 11.4 Å². The zero-order valence-corrected chi connectivity index (χ0v) is 12.5. The van der Waals surface area contributed by atoms with Crippen molar-refractivity contribution < 1.29 is 9.53 Å². The van der Waals surface area contributed by atoms with Crippen LogP contribution in [0.1, 0.15) is 39.6 Å². The number of ether oxygens (including phenoxy) is 1. The van der Waals surface area contributed by atoms with E-state index in [0.717, 1.165) is 5.56 Å². The van der Waals surface area contributed by atoms with Gasteiger partial charge in [0.15, 0.2) is 5.82 Å². The lowest BCUT2D eigenvalue weighted by Crippen LogP contribution is -2.34. The topological polar surface area (TPSA) is 92.8 Å². The van der Waals surface area contributed by atoms with Crippen LogP contribution in [0, 0.1) is 0 Å². The molecule has 0 saturated heterocycles. The van der Waals surface area contributed by atoms with E-state index in [2.05, 4.69) is 25.5 Å². The molecular formula is C14H19N5O2. The van der Waals surface area contributed by atoms with E-state index in [1.54, 1.807) is 19.3 Å². The summed E-state index contributed by atoms with van der Waals surface area (Å²) in [5, 5.41) is 9.66. The Morgan fingerprint density at radius 3 is 2.62 bits per heavy atom. The Bertz CT molecular complexity index is 603. The molecule has 0 radical (unpaired) electrons. The van der Waals surface area contributed by atoms with Crippen LogP contribution in [0.3, 0.4) is 0 Å². The summed E-state index contributed by atoms with van der Waals surface area (Å²) in [4.78, 5) is 20.0. The summed E-state index contributed by atoms with van der Waals surface area (Å²) < 4.78 is 5.20. The zero-order valence-electron chi connectivity index (χ0n) is 12.5. The van der Waals surface area contributed by atoms with Gasteiger partial charge in [0.1, 0.15) is 11.4 Å². The molecule has 0 fully saturated rings. The van der Waals surface area contributed by atoms with Crippen LogP contribution in [0.2, 0.25) is 0 Å². The van der Waals surface area contributed by atoms with E-state index < -0.39 is 11.7 Å². The summed E-state index contributed by atoms with van der Waals surface area (Å²) in [6, 6.07) is 3.31. The van der Waals surface area contributed by atoms with Crippen molar-refractivity contribution in [3.63, 3.8) is 0 Å². The molecule has 0 saturated carbocycles. The van der Waals surface area contributed by atoms with E-state index in [9.17, 15) is 4.79 Å². The van der Waals surface area contributed by atoms with Crippen LogP contribution in [0.25, 0.3) is 11.4 Å². The minimum absolute atomic E-state index is 0.331. The molecule has 2 heterocycles. The van der Waals surface area contributed by atoms with Crippen LogP contribution >= 0.6 is 0 Å². The molecule has 7 heteroatoms. The van der Waals surface area contributed by atoms with Gasteiger partial charge in [0.25, 0.3) is 0 Å². The molecule has 0 aromatic carbocycles. The monoisotopic (exact) mass is 289 g/mol. The Labute approximate surface area is 123 Å². The van der Waals surface area contributed by atoms with Gasteiger partial charge in [0.05, 0.1) is 6.04 Å². The number of hydrogen-bond donors (Lipinski definition) is 2. The molecule has 0 aliphatic carbocycles. The Balaban J connectivity index is 2.03. The number of carbonyl (C=O) groups excluding carboxylic acids is 1. The number of carbonyl (C=O) groups is 1. The molecule has 1 amide bonds. The highest BCUT2D eigenvalue weighted by atomic mass is 16.6. The summed E-state index contributed by atoms with van der Waals surface area (Å²) in [6.07, 6.45) is 2.86. The second-order valence-corrected chi connectivity index (χ2v) is 5.65. The van der Waals surface area contributed by atoms with E-state index >= 15 is 0 Å². The second kappa shape index (κ2) is 5.90. The molecule has 2 aromatic rings. The third kappa shape index (κ3) is 4.27. The molecule has 0 bridgehead atoms. The molecular weight excluding hydrogens is 270 g/mol. The quantitative estimate of drug-likeness (QED) is 0.905. The molecule has 0 aliphatic heterocycles. The average Bonchev–Trinajstić information content (AvgIpc) is 2.87. The van der Waals surface area contributed by atoms with Gasteiger partial charge in [-0.1, -0.05) is 0 Å². The minimum Gasteiger partial charge on any atom is -0.444 e. The molecule has 2 rings (SSSR count). The van der Waals surface area contributed by atoms with Crippen LogP contribution in [0.15, 0.2) is 24.5 Å². The van der Waals surface area contributed by atoms with Gasteiger partial charge in [-0.15, -0.1) is 0 Å². The van der Waals surface area contributed by atoms with Crippen LogP contribution < -0.4 is 5.32 Å². The maximum Gasteiger partial charge on any atom is 0.408 e. The lowest BCUT2D eigenvalue weighted by molar-refractivity contribution is 0.0506. The van der Waals surface area contributed by atoms with E-state index in [4.69, 9.17) is 4.74 Å². The van der Waals surface area contributed by atoms with Crippen molar-refractivity contribution in [1.29, 1.82) is 0 Å². The molecule has 7 nitrogen and oxygen atoms in total. The summed E-state index contributed by atoms with van der Waals surface area (Å²) >= 11 is 0. The molecule has 2 aromatic heterocycles. The summed E-state index contributed by atoms with van der Waals surface area (Å²) in [6.45, 7) is 7.24. The standard InChI is InChI=1S/C14H19N5O2/c1-9(16-13(20)21-14(2,3)4)11-17-12(19-18-11)10-5-7-15-8-6-10/h5-9H,1-4H3,(H,16,20)(H,17,18,19)/t9-/m0/s1. The highest BCUT2D eigenvalue weighted by Crippen LogP contribution is 2.16. The first-order valence-electron chi connectivity index (χ1n) is 6.67. The fourth-order valence-electron chi connectivity index (χ4n) is 1.65. The summed E-state index contributed by atoms with van der Waals surface area (Å²) in [5.74, 6) is 1.12. The summed E-state index contributed by atoms with van der Waals surface area (Å²) in [7, 11) is 0. The lowest BCUT2D eigenvalue weighted by atomic mass is 10.2. The number of alkyl carbamates (subject to hydrolysis) is 1. The zero-order chi connectivity index (χ0) is 15.5. The predicted octanol–water partition coefficient (Wildman–Crippen LogP) is 2.45. The Hall–Kier alpha value is -2.44. The molecule has 1 atom stereocenters. The Kier molecular flexibility index (Phi) is 4.21. The molecule has 0 unspecified atom stereocenters. The van der Waals surface area contributed by atoms with Crippen molar-refractivity contribution in [2.45, 2.75) is 39.3 Å². The van der Waals surface area contributed by atoms with Gasteiger partial charge in [0.2, 0.25) is 0 Å². The van der Waals surface area contributed by atoms with E-state index in [0.29, 0.717) is 11.6 Å². The van der Waals surface area contributed by atoms with Gasteiger partial charge in [-0.25, -0.2) is 9.78 Å². The SMILES string of the molecule is C[C@H](NC(=O)OC(C)(C)C)c1nc(-c2ccncc2)n[nH]1. The number of pyridine rings is 1. The number of amides is 1. The fraction of sp³-hybridized carbons (Fsp3) is 0.429. The lowest BCUT2D eigenvalue weighted by Gasteiger charge is -2.21. The van der Waals surface area contributed by atoms with Crippen molar-refractivity contribution in [2.75, 3.05) is 0 Å². The first-order valence-corrected chi connectivity index (χ1v) is 6.67. The van der Waals surface area contributed by atoms with Crippen molar-refractivity contribution in [3.05, 3.63) is 30.4 Å². The van der Waals surface area contributed by atoms with Gasteiger partial charge < -0.3 is 10.1 Å². The Morgan fingerprint density at radius 1 is 1.33 bits per heavy atom. The van der Waals surface area contributed by atoms with Crippen molar-refractivity contribution in [1.82, 2.24) is 25.5 Å². The van der Waals surface area contributed by atoms with Gasteiger partial charge in [-0.3, -0.25) is 10.1 Å². The van der Waals surface area contributed by atoms with Crippen LogP contribution in [0.4, 0.5) is 4.79 Å². The van der Waals surface area contributed by atoms with Crippen molar-refractivity contribution >= 4 is 6.09 Å². The van der Waals surface area contributed by atoms with E-state index in [1.807, 2.05) is 32.9 Å². The molecule has 0 aliphatic rings. The number of aromatic nitrogens is 4. The van der Waals surface area contributed by atoms with Crippen molar-refractivity contribution in [2.24, 2.45) is 0 Å². The van der Waals surface area contributed by atoms with Crippen LogP contribution in [0.5, 0.6) is 0 Å². The number of aromatic amines is 1. The summed E-state index contributed by atoms with van der Waals surface area (Å²) in [5.41, 5.74) is 0.324. The molecule has 2 N–H and O–H groups in total. The third-order valence-electron chi connectivity index (χ3n) is 2.58.